The van der Waals surface area contributed by atoms with Crippen molar-refractivity contribution in [2.75, 3.05) is 7.05 Å². The second-order valence-electron chi connectivity index (χ2n) is 5.38. The standard InChI is InChI=1S/C16H20F2N2/c1-11(2)16(19-3)13-6-7-20(10-13)9-12-4-5-14(17)15(18)8-12/h4-8,10-11,16,19H,9H2,1-3H3. The molecule has 1 N–H and O–H groups in total. The van der Waals surface area contributed by atoms with E-state index in [4.69, 9.17) is 0 Å². The van der Waals surface area contributed by atoms with Crippen molar-refractivity contribution < 1.29 is 8.78 Å². The first-order chi connectivity index (χ1) is 9.51. The number of rotatable bonds is 5. The van der Waals surface area contributed by atoms with Crippen molar-refractivity contribution in [3.63, 3.8) is 0 Å². The van der Waals surface area contributed by atoms with Gasteiger partial charge in [0.05, 0.1) is 0 Å². The van der Waals surface area contributed by atoms with Crippen LogP contribution in [0.15, 0.2) is 36.7 Å². The Hall–Kier alpha value is -1.68. The molecule has 0 bridgehead atoms. The first-order valence-electron chi connectivity index (χ1n) is 6.78. The minimum atomic E-state index is -0.808. The van der Waals surface area contributed by atoms with E-state index in [1.165, 1.54) is 17.7 Å². The Morgan fingerprint density at radius 2 is 1.90 bits per heavy atom. The van der Waals surface area contributed by atoms with E-state index in [2.05, 4.69) is 25.2 Å². The van der Waals surface area contributed by atoms with Gasteiger partial charge in [0.2, 0.25) is 0 Å². The van der Waals surface area contributed by atoms with Gasteiger partial charge in [0, 0.05) is 25.0 Å². The molecule has 0 aliphatic rings. The molecule has 0 spiro atoms. The van der Waals surface area contributed by atoms with Crippen molar-refractivity contribution in [3.8, 4) is 0 Å². The van der Waals surface area contributed by atoms with Crippen LogP contribution in [-0.4, -0.2) is 11.6 Å². The number of nitrogens with zero attached hydrogens (tertiary/aromatic N) is 1. The minimum absolute atomic E-state index is 0.293. The SMILES string of the molecule is CNC(c1ccn(Cc2ccc(F)c(F)c2)c1)C(C)C. The van der Waals surface area contributed by atoms with E-state index in [-0.39, 0.29) is 0 Å². The zero-order valence-electron chi connectivity index (χ0n) is 12.0. The second kappa shape index (κ2) is 6.18. The van der Waals surface area contributed by atoms with Crippen molar-refractivity contribution in [1.82, 2.24) is 9.88 Å². The maximum Gasteiger partial charge on any atom is 0.159 e. The van der Waals surface area contributed by atoms with Gasteiger partial charge in [-0.1, -0.05) is 19.9 Å². The summed E-state index contributed by atoms with van der Waals surface area (Å²) < 4.78 is 28.1. The molecule has 1 unspecified atom stereocenters. The predicted octanol–water partition coefficient (Wildman–Crippen LogP) is 3.73. The third-order valence-corrected chi connectivity index (χ3v) is 3.46. The lowest BCUT2D eigenvalue weighted by atomic mass is 9.99. The summed E-state index contributed by atoms with van der Waals surface area (Å²) in [6.45, 7) is 4.85. The van der Waals surface area contributed by atoms with Gasteiger partial charge in [-0.2, -0.15) is 0 Å². The van der Waals surface area contributed by atoms with Crippen molar-refractivity contribution in [3.05, 3.63) is 59.4 Å². The molecule has 0 saturated carbocycles. The van der Waals surface area contributed by atoms with Crippen molar-refractivity contribution >= 4 is 0 Å². The molecule has 1 heterocycles. The minimum Gasteiger partial charge on any atom is -0.350 e. The number of aromatic nitrogens is 1. The molecule has 4 heteroatoms. The van der Waals surface area contributed by atoms with Crippen LogP contribution >= 0.6 is 0 Å². The molecule has 2 nitrogen and oxygen atoms in total. The maximum absolute atomic E-state index is 13.2. The number of nitrogens with one attached hydrogen (secondary N) is 1. The highest BCUT2D eigenvalue weighted by Crippen LogP contribution is 2.22. The fourth-order valence-electron chi connectivity index (χ4n) is 2.48. The Bertz CT molecular complexity index is 576. The molecule has 1 atom stereocenters. The van der Waals surface area contributed by atoms with Crippen LogP contribution in [0.5, 0.6) is 0 Å². The summed E-state index contributed by atoms with van der Waals surface area (Å²) in [5.41, 5.74) is 1.95. The van der Waals surface area contributed by atoms with Crippen LogP contribution < -0.4 is 5.32 Å². The topological polar surface area (TPSA) is 17.0 Å². The van der Waals surface area contributed by atoms with Gasteiger partial charge in [0.25, 0.3) is 0 Å². The molecule has 0 aliphatic carbocycles. The van der Waals surface area contributed by atoms with Gasteiger partial charge >= 0.3 is 0 Å². The third kappa shape index (κ3) is 3.25. The van der Waals surface area contributed by atoms with Gasteiger partial charge in [0.15, 0.2) is 11.6 Å². The van der Waals surface area contributed by atoms with E-state index in [0.717, 1.165) is 5.56 Å². The number of benzene rings is 1. The molecular formula is C16H20F2N2. The highest BCUT2D eigenvalue weighted by Gasteiger charge is 2.14. The highest BCUT2D eigenvalue weighted by molar-refractivity contribution is 5.21. The molecule has 1 aromatic carbocycles. The van der Waals surface area contributed by atoms with Crippen LogP contribution in [0.1, 0.15) is 31.0 Å². The summed E-state index contributed by atoms with van der Waals surface area (Å²) in [5, 5.41) is 3.29. The number of halogens is 2. The van der Waals surface area contributed by atoms with Crippen molar-refractivity contribution in [1.29, 1.82) is 0 Å². The van der Waals surface area contributed by atoms with Gasteiger partial charge in [-0.3, -0.25) is 0 Å². The molecule has 1 aromatic heterocycles. The Balaban J connectivity index is 2.14. The normalized spacial score (nSPS) is 12.9. The Morgan fingerprint density at radius 3 is 2.50 bits per heavy atom. The zero-order chi connectivity index (χ0) is 14.7. The lowest BCUT2D eigenvalue weighted by Crippen LogP contribution is -2.21. The van der Waals surface area contributed by atoms with E-state index in [1.807, 2.05) is 24.0 Å². The summed E-state index contributed by atoms with van der Waals surface area (Å²) in [4.78, 5) is 0. The molecule has 0 fully saturated rings. The molecule has 2 aromatic rings. The molecule has 0 saturated heterocycles. The summed E-state index contributed by atoms with van der Waals surface area (Å²) >= 11 is 0. The lowest BCUT2D eigenvalue weighted by Gasteiger charge is -2.18. The zero-order valence-corrected chi connectivity index (χ0v) is 12.0. The van der Waals surface area contributed by atoms with Crippen LogP contribution in [0.25, 0.3) is 0 Å². The molecule has 0 aliphatic heterocycles. The largest absolute Gasteiger partial charge is 0.350 e. The average Bonchev–Trinajstić information content (AvgIpc) is 2.82. The first-order valence-corrected chi connectivity index (χ1v) is 6.78. The van der Waals surface area contributed by atoms with Gasteiger partial charge in [-0.15, -0.1) is 0 Å². The van der Waals surface area contributed by atoms with Crippen LogP contribution in [0.3, 0.4) is 0 Å². The molecule has 2 rings (SSSR count). The van der Waals surface area contributed by atoms with Gasteiger partial charge in [0.1, 0.15) is 0 Å². The average molecular weight is 278 g/mol. The van der Waals surface area contributed by atoms with E-state index in [0.29, 0.717) is 18.5 Å². The fourth-order valence-corrected chi connectivity index (χ4v) is 2.48. The first kappa shape index (κ1) is 14.7. The quantitative estimate of drug-likeness (QED) is 0.881. The van der Waals surface area contributed by atoms with Crippen LogP contribution in [0.2, 0.25) is 0 Å². The van der Waals surface area contributed by atoms with Crippen LogP contribution in [0.4, 0.5) is 8.78 Å². The summed E-state index contributed by atoms with van der Waals surface area (Å²) in [5.74, 6) is -1.12. The second-order valence-corrected chi connectivity index (χ2v) is 5.38. The van der Waals surface area contributed by atoms with Gasteiger partial charge in [-0.25, -0.2) is 8.78 Å². The Morgan fingerprint density at radius 1 is 1.15 bits per heavy atom. The predicted molar refractivity (Wildman–Crippen MR) is 76.5 cm³/mol. The summed E-state index contributed by atoms with van der Waals surface area (Å²) in [6, 6.07) is 6.37. The smallest absolute Gasteiger partial charge is 0.159 e. The van der Waals surface area contributed by atoms with E-state index >= 15 is 0 Å². The van der Waals surface area contributed by atoms with Crippen molar-refractivity contribution in [2.45, 2.75) is 26.4 Å². The summed E-state index contributed by atoms with van der Waals surface area (Å²) in [7, 11) is 1.94. The van der Waals surface area contributed by atoms with Gasteiger partial charge in [-0.05, 0) is 42.3 Å². The number of hydrogen-bond acceptors (Lipinski definition) is 1. The lowest BCUT2D eigenvalue weighted by molar-refractivity contribution is 0.442. The molecule has 0 radical (unpaired) electrons. The number of hydrogen-bond donors (Lipinski definition) is 1. The third-order valence-electron chi connectivity index (χ3n) is 3.46. The molecule has 20 heavy (non-hydrogen) atoms. The maximum atomic E-state index is 13.2. The monoisotopic (exact) mass is 278 g/mol. The Kier molecular flexibility index (Phi) is 4.55. The van der Waals surface area contributed by atoms with Gasteiger partial charge < -0.3 is 9.88 Å². The summed E-state index contributed by atoms with van der Waals surface area (Å²) in [6.07, 6.45) is 4.01. The van der Waals surface area contributed by atoms with Crippen LogP contribution in [-0.2, 0) is 6.54 Å². The Labute approximate surface area is 118 Å². The molecular weight excluding hydrogens is 258 g/mol. The van der Waals surface area contributed by atoms with E-state index < -0.39 is 11.6 Å². The molecule has 108 valence electrons. The fraction of sp³-hybridized carbons (Fsp3) is 0.375. The van der Waals surface area contributed by atoms with E-state index in [9.17, 15) is 8.78 Å². The van der Waals surface area contributed by atoms with Crippen molar-refractivity contribution in [2.24, 2.45) is 5.92 Å². The van der Waals surface area contributed by atoms with E-state index in [1.54, 1.807) is 6.07 Å². The molecule has 0 amide bonds. The van der Waals surface area contributed by atoms with Crippen LogP contribution in [0, 0.1) is 17.6 Å². The highest BCUT2D eigenvalue weighted by atomic mass is 19.2.